The zero-order chi connectivity index (χ0) is 15.7. The van der Waals surface area contributed by atoms with Gasteiger partial charge >= 0.3 is 0 Å². The number of halogens is 1. The van der Waals surface area contributed by atoms with Crippen molar-refractivity contribution >= 4 is 15.9 Å². The van der Waals surface area contributed by atoms with Crippen LogP contribution in [0.3, 0.4) is 0 Å². The van der Waals surface area contributed by atoms with Gasteiger partial charge in [0.15, 0.2) is 17.8 Å². The molecule has 1 aromatic rings. The summed E-state index contributed by atoms with van der Waals surface area (Å²) in [6.45, 7) is 4.03. The molecular formula is C15H24BrNO4. The Balaban J connectivity index is 2.69. The third-order valence-corrected chi connectivity index (χ3v) is 3.49. The van der Waals surface area contributed by atoms with Crippen molar-refractivity contribution in [3.63, 3.8) is 0 Å². The first kappa shape index (κ1) is 18.2. The minimum Gasteiger partial charge on any atom is -0.493 e. The van der Waals surface area contributed by atoms with Crippen molar-refractivity contribution in [1.82, 2.24) is 5.32 Å². The van der Waals surface area contributed by atoms with E-state index < -0.39 is 0 Å². The molecule has 6 heteroatoms. The Kier molecular flexibility index (Phi) is 8.68. The molecule has 0 heterocycles. The highest BCUT2D eigenvalue weighted by molar-refractivity contribution is 9.10. The molecule has 0 saturated heterocycles. The second-order valence-electron chi connectivity index (χ2n) is 4.49. The SMILES string of the molecule is CCCOc1c(Br)cc(CNCC(OC)OC)cc1OC. The summed E-state index contributed by atoms with van der Waals surface area (Å²) in [5.74, 6) is 1.47. The minimum absolute atomic E-state index is 0.248. The van der Waals surface area contributed by atoms with Crippen molar-refractivity contribution in [2.45, 2.75) is 26.2 Å². The third-order valence-electron chi connectivity index (χ3n) is 2.91. The van der Waals surface area contributed by atoms with Crippen molar-refractivity contribution in [3.8, 4) is 11.5 Å². The quantitative estimate of drug-likeness (QED) is 0.649. The van der Waals surface area contributed by atoms with Gasteiger partial charge in [-0.25, -0.2) is 0 Å². The molecule has 0 atom stereocenters. The van der Waals surface area contributed by atoms with E-state index in [1.54, 1.807) is 21.3 Å². The van der Waals surface area contributed by atoms with Gasteiger partial charge in [0.25, 0.3) is 0 Å². The van der Waals surface area contributed by atoms with Crippen molar-refractivity contribution in [2.75, 3.05) is 34.5 Å². The number of nitrogens with one attached hydrogen (secondary N) is 1. The Morgan fingerprint density at radius 1 is 1.19 bits per heavy atom. The third kappa shape index (κ3) is 5.82. The molecule has 0 saturated carbocycles. The van der Waals surface area contributed by atoms with Crippen molar-refractivity contribution in [2.24, 2.45) is 0 Å². The Hall–Kier alpha value is -0.820. The van der Waals surface area contributed by atoms with Gasteiger partial charge in [-0.15, -0.1) is 0 Å². The average molecular weight is 362 g/mol. The highest BCUT2D eigenvalue weighted by Gasteiger charge is 2.12. The van der Waals surface area contributed by atoms with Gasteiger partial charge in [-0.3, -0.25) is 0 Å². The Bertz CT molecular complexity index is 424. The molecule has 21 heavy (non-hydrogen) atoms. The molecule has 0 amide bonds. The summed E-state index contributed by atoms with van der Waals surface area (Å²) >= 11 is 3.54. The van der Waals surface area contributed by atoms with Crippen molar-refractivity contribution in [3.05, 3.63) is 22.2 Å². The minimum atomic E-state index is -0.248. The molecular weight excluding hydrogens is 338 g/mol. The topological polar surface area (TPSA) is 49.0 Å². The fourth-order valence-electron chi connectivity index (χ4n) is 1.82. The fourth-order valence-corrected chi connectivity index (χ4v) is 2.42. The molecule has 0 aliphatic carbocycles. The predicted molar refractivity (Wildman–Crippen MR) is 86.0 cm³/mol. The first-order chi connectivity index (χ1) is 10.2. The van der Waals surface area contributed by atoms with Crippen LogP contribution < -0.4 is 14.8 Å². The van der Waals surface area contributed by atoms with Gasteiger partial charge in [-0.05, 0) is 40.0 Å². The number of ether oxygens (including phenoxy) is 4. The monoisotopic (exact) mass is 361 g/mol. The molecule has 5 nitrogen and oxygen atoms in total. The molecule has 1 rings (SSSR count). The molecule has 0 fully saturated rings. The summed E-state index contributed by atoms with van der Waals surface area (Å²) in [5.41, 5.74) is 1.09. The van der Waals surface area contributed by atoms with Crippen LogP contribution in [0.5, 0.6) is 11.5 Å². The summed E-state index contributed by atoms with van der Waals surface area (Å²) in [5, 5.41) is 3.28. The Labute approximate surface area is 135 Å². The summed E-state index contributed by atoms with van der Waals surface area (Å²) in [6, 6.07) is 3.99. The maximum atomic E-state index is 5.71. The second kappa shape index (κ2) is 10.00. The zero-order valence-electron chi connectivity index (χ0n) is 13.1. The van der Waals surface area contributed by atoms with Crippen LogP contribution in [-0.2, 0) is 16.0 Å². The molecule has 0 aromatic heterocycles. The van der Waals surface area contributed by atoms with Crippen LogP contribution in [0.2, 0.25) is 0 Å². The molecule has 0 aliphatic heterocycles. The second-order valence-corrected chi connectivity index (χ2v) is 5.34. The number of rotatable bonds is 10. The van der Waals surface area contributed by atoms with Gasteiger partial charge in [0, 0.05) is 27.3 Å². The smallest absolute Gasteiger partial charge is 0.175 e. The van der Waals surface area contributed by atoms with Gasteiger partial charge in [0.05, 0.1) is 18.2 Å². The van der Waals surface area contributed by atoms with Crippen LogP contribution in [0.1, 0.15) is 18.9 Å². The van der Waals surface area contributed by atoms with Gasteiger partial charge in [0.2, 0.25) is 0 Å². The molecule has 0 aliphatic rings. The summed E-state index contributed by atoms with van der Waals surface area (Å²) in [4.78, 5) is 0. The molecule has 0 spiro atoms. The van der Waals surface area contributed by atoms with E-state index in [9.17, 15) is 0 Å². The Morgan fingerprint density at radius 3 is 2.48 bits per heavy atom. The zero-order valence-corrected chi connectivity index (χ0v) is 14.7. The van der Waals surface area contributed by atoms with Gasteiger partial charge < -0.3 is 24.3 Å². The first-order valence-corrected chi connectivity index (χ1v) is 7.71. The van der Waals surface area contributed by atoms with Crippen LogP contribution in [0, 0.1) is 0 Å². The maximum absolute atomic E-state index is 5.71. The number of hydrogen-bond acceptors (Lipinski definition) is 5. The molecule has 0 radical (unpaired) electrons. The number of methoxy groups -OCH3 is 3. The molecule has 1 aromatic carbocycles. The van der Waals surface area contributed by atoms with E-state index in [1.165, 1.54) is 0 Å². The molecule has 0 unspecified atom stereocenters. The van der Waals surface area contributed by atoms with Crippen LogP contribution >= 0.6 is 15.9 Å². The van der Waals surface area contributed by atoms with E-state index in [0.717, 1.165) is 28.0 Å². The maximum Gasteiger partial charge on any atom is 0.175 e. The lowest BCUT2D eigenvalue weighted by Crippen LogP contribution is -2.29. The van der Waals surface area contributed by atoms with E-state index in [0.29, 0.717) is 19.7 Å². The standard InChI is InChI=1S/C15H24BrNO4/c1-5-6-21-15-12(16)7-11(8-13(15)18-2)9-17-10-14(19-3)20-4/h7-8,14,17H,5-6,9-10H2,1-4H3. The largest absolute Gasteiger partial charge is 0.493 e. The normalized spacial score (nSPS) is 11.0. The number of hydrogen-bond donors (Lipinski definition) is 1. The van der Waals surface area contributed by atoms with Gasteiger partial charge in [-0.1, -0.05) is 6.92 Å². The van der Waals surface area contributed by atoms with E-state index in [4.69, 9.17) is 18.9 Å². The predicted octanol–water partition coefficient (Wildman–Crippen LogP) is 2.96. The van der Waals surface area contributed by atoms with Gasteiger partial charge in [0.1, 0.15) is 0 Å². The summed E-state index contributed by atoms with van der Waals surface area (Å²) in [6.07, 6.45) is 0.705. The average Bonchev–Trinajstić information content (AvgIpc) is 2.50. The van der Waals surface area contributed by atoms with Crippen LogP contribution in [-0.4, -0.2) is 40.8 Å². The van der Waals surface area contributed by atoms with Crippen LogP contribution in [0.25, 0.3) is 0 Å². The molecule has 0 bridgehead atoms. The highest BCUT2D eigenvalue weighted by Crippen LogP contribution is 2.36. The highest BCUT2D eigenvalue weighted by atomic mass is 79.9. The van der Waals surface area contributed by atoms with Crippen molar-refractivity contribution < 1.29 is 18.9 Å². The van der Waals surface area contributed by atoms with Gasteiger partial charge in [-0.2, -0.15) is 0 Å². The lowest BCUT2D eigenvalue weighted by Gasteiger charge is -2.16. The first-order valence-electron chi connectivity index (χ1n) is 6.91. The van der Waals surface area contributed by atoms with Crippen molar-refractivity contribution in [1.29, 1.82) is 0 Å². The van der Waals surface area contributed by atoms with E-state index in [2.05, 4.69) is 28.2 Å². The summed E-state index contributed by atoms with van der Waals surface area (Å²) < 4.78 is 22.3. The lowest BCUT2D eigenvalue weighted by atomic mass is 10.2. The van der Waals surface area contributed by atoms with Crippen LogP contribution in [0.4, 0.5) is 0 Å². The van der Waals surface area contributed by atoms with E-state index in [1.807, 2.05) is 12.1 Å². The number of benzene rings is 1. The fraction of sp³-hybridized carbons (Fsp3) is 0.600. The molecule has 1 N–H and O–H groups in total. The van der Waals surface area contributed by atoms with Crippen LogP contribution in [0.15, 0.2) is 16.6 Å². The lowest BCUT2D eigenvalue weighted by molar-refractivity contribution is -0.0989. The summed E-state index contributed by atoms with van der Waals surface area (Å²) in [7, 11) is 4.88. The van der Waals surface area contributed by atoms with E-state index in [-0.39, 0.29) is 6.29 Å². The Morgan fingerprint density at radius 2 is 1.90 bits per heavy atom. The van der Waals surface area contributed by atoms with E-state index >= 15 is 0 Å². The molecule has 120 valence electrons.